The van der Waals surface area contributed by atoms with E-state index in [0.717, 1.165) is 17.8 Å². The molecule has 0 saturated carbocycles. The first-order valence-electron chi connectivity index (χ1n) is 8.93. The summed E-state index contributed by atoms with van der Waals surface area (Å²) in [5.41, 5.74) is 4.51. The topological polar surface area (TPSA) is 46.4 Å². The Morgan fingerprint density at radius 2 is 2.09 bits per heavy atom. The molecule has 0 unspecified atom stereocenters. The molecule has 124 valence electrons. The van der Waals surface area contributed by atoms with Gasteiger partial charge in [-0.1, -0.05) is 45.1 Å². The van der Waals surface area contributed by atoms with Crippen LogP contribution < -0.4 is 5.32 Å². The number of unbranched alkanes of at least 4 members (excludes halogenated alkanes) is 4. The summed E-state index contributed by atoms with van der Waals surface area (Å²) in [6.07, 6.45) is 10.1. The Morgan fingerprint density at radius 3 is 2.91 bits per heavy atom. The van der Waals surface area contributed by atoms with Crippen molar-refractivity contribution in [2.24, 2.45) is 0 Å². The van der Waals surface area contributed by atoms with Crippen molar-refractivity contribution in [1.82, 2.24) is 14.7 Å². The van der Waals surface area contributed by atoms with Crippen LogP contribution in [0.1, 0.15) is 74.7 Å². The number of nitrogens with one attached hydrogen (secondary N) is 1. The monoisotopic (exact) mass is 313 g/mol. The highest BCUT2D eigenvalue weighted by Gasteiger charge is 2.27. The smallest absolute Gasteiger partial charge is 0.220 e. The molecule has 2 aromatic rings. The summed E-state index contributed by atoms with van der Waals surface area (Å²) < 4.78 is 2.21. The predicted octanol–water partition coefficient (Wildman–Crippen LogP) is 4.11. The summed E-state index contributed by atoms with van der Waals surface area (Å²) in [5, 5.41) is 3.00. The number of rotatable bonds is 6. The first-order valence-corrected chi connectivity index (χ1v) is 8.93. The minimum absolute atomic E-state index is 0.156. The molecule has 3 heterocycles. The number of pyridine rings is 1. The lowest BCUT2D eigenvalue weighted by atomic mass is 9.93. The largest absolute Gasteiger partial charge is 0.350 e. The van der Waals surface area contributed by atoms with E-state index in [1.54, 1.807) is 0 Å². The Labute approximate surface area is 138 Å². The van der Waals surface area contributed by atoms with Crippen LogP contribution in [0.15, 0.2) is 18.3 Å². The molecule has 0 saturated heterocycles. The Morgan fingerprint density at radius 1 is 1.26 bits per heavy atom. The van der Waals surface area contributed by atoms with Gasteiger partial charge in [0.2, 0.25) is 5.91 Å². The number of carbonyl (C=O) groups excluding carboxylic acids is 1. The van der Waals surface area contributed by atoms with Crippen LogP contribution in [0.25, 0.3) is 5.65 Å². The van der Waals surface area contributed by atoms with E-state index in [1.807, 2.05) is 0 Å². The van der Waals surface area contributed by atoms with Gasteiger partial charge < -0.3 is 9.72 Å². The van der Waals surface area contributed by atoms with Gasteiger partial charge in [-0.25, -0.2) is 4.98 Å². The third kappa shape index (κ3) is 3.57. The number of nitrogens with zero attached hydrogens (tertiary/aromatic N) is 2. The summed E-state index contributed by atoms with van der Waals surface area (Å²) >= 11 is 0. The zero-order chi connectivity index (χ0) is 16.2. The number of fused-ring (bicyclic) bond motifs is 3. The highest BCUT2D eigenvalue weighted by atomic mass is 16.1. The van der Waals surface area contributed by atoms with Crippen molar-refractivity contribution in [2.75, 3.05) is 0 Å². The van der Waals surface area contributed by atoms with Crippen LogP contribution in [-0.4, -0.2) is 15.3 Å². The summed E-state index contributed by atoms with van der Waals surface area (Å²) in [6.45, 7) is 4.90. The SMILES string of the molecule is CCCCCCC[C@H]1CC(=O)NCc2nc3ccc(C)cn3c21. The van der Waals surface area contributed by atoms with Gasteiger partial charge in [0.25, 0.3) is 0 Å². The lowest BCUT2D eigenvalue weighted by molar-refractivity contribution is -0.121. The molecule has 0 aromatic carbocycles. The lowest BCUT2D eigenvalue weighted by Crippen LogP contribution is -2.21. The Kier molecular flexibility index (Phi) is 4.99. The van der Waals surface area contributed by atoms with E-state index in [0.29, 0.717) is 13.0 Å². The van der Waals surface area contributed by atoms with E-state index in [9.17, 15) is 4.79 Å². The zero-order valence-corrected chi connectivity index (χ0v) is 14.3. The number of aromatic nitrogens is 2. The van der Waals surface area contributed by atoms with E-state index in [4.69, 9.17) is 4.98 Å². The Bertz CT molecular complexity index is 689. The predicted molar refractivity (Wildman–Crippen MR) is 92.5 cm³/mol. The zero-order valence-electron chi connectivity index (χ0n) is 14.3. The minimum atomic E-state index is 0.156. The molecule has 1 aliphatic rings. The van der Waals surface area contributed by atoms with E-state index in [2.05, 4.69) is 41.9 Å². The fraction of sp³-hybridized carbons (Fsp3) is 0.579. The minimum Gasteiger partial charge on any atom is -0.350 e. The van der Waals surface area contributed by atoms with Crippen molar-refractivity contribution in [3.8, 4) is 0 Å². The average molecular weight is 313 g/mol. The number of carbonyl (C=O) groups is 1. The molecular weight excluding hydrogens is 286 g/mol. The van der Waals surface area contributed by atoms with Gasteiger partial charge in [-0.05, 0) is 25.0 Å². The van der Waals surface area contributed by atoms with Gasteiger partial charge in [-0.3, -0.25) is 4.79 Å². The van der Waals surface area contributed by atoms with Gasteiger partial charge in [-0.2, -0.15) is 0 Å². The maximum atomic E-state index is 12.1. The van der Waals surface area contributed by atoms with Crippen molar-refractivity contribution in [2.45, 2.75) is 71.3 Å². The third-order valence-electron chi connectivity index (χ3n) is 4.81. The summed E-state index contributed by atoms with van der Waals surface area (Å²) in [6, 6.07) is 4.17. The van der Waals surface area contributed by atoms with Crippen molar-refractivity contribution >= 4 is 11.6 Å². The molecule has 0 radical (unpaired) electrons. The molecule has 2 aromatic heterocycles. The quantitative estimate of drug-likeness (QED) is 0.816. The average Bonchev–Trinajstić information content (AvgIpc) is 2.81. The van der Waals surface area contributed by atoms with Crippen molar-refractivity contribution in [3.05, 3.63) is 35.3 Å². The molecule has 0 bridgehead atoms. The van der Waals surface area contributed by atoms with Crippen LogP contribution in [0.2, 0.25) is 0 Å². The molecule has 0 fully saturated rings. The molecule has 1 amide bonds. The summed E-state index contributed by atoms with van der Waals surface area (Å²) in [7, 11) is 0. The van der Waals surface area contributed by atoms with Gasteiger partial charge in [-0.15, -0.1) is 0 Å². The van der Waals surface area contributed by atoms with Gasteiger partial charge in [0.05, 0.1) is 17.9 Å². The molecule has 0 aliphatic carbocycles. The molecule has 4 nitrogen and oxygen atoms in total. The second-order valence-electron chi connectivity index (χ2n) is 6.76. The van der Waals surface area contributed by atoms with Crippen LogP contribution in [0.4, 0.5) is 0 Å². The highest BCUT2D eigenvalue weighted by molar-refractivity contribution is 5.77. The Hall–Kier alpha value is -1.84. The number of amides is 1. The lowest BCUT2D eigenvalue weighted by Gasteiger charge is -2.15. The normalized spacial score (nSPS) is 17.8. The Balaban J connectivity index is 1.85. The van der Waals surface area contributed by atoms with Gasteiger partial charge in [0, 0.05) is 18.5 Å². The molecule has 3 rings (SSSR count). The van der Waals surface area contributed by atoms with E-state index < -0.39 is 0 Å². The van der Waals surface area contributed by atoms with Crippen LogP contribution in [0.3, 0.4) is 0 Å². The van der Waals surface area contributed by atoms with E-state index in [-0.39, 0.29) is 11.8 Å². The fourth-order valence-electron chi connectivity index (χ4n) is 3.59. The highest BCUT2D eigenvalue weighted by Crippen LogP contribution is 2.32. The van der Waals surface area contributed by atoms with Crippen LogP contribution in [0, 0.1) is 6.92 Å². The molecule has 1 aliphatic heterocycles. The van der Waals surface area contributed by atoms with Crippen LogP contribution in [0.5, 0.6) is 0 Å². The number of hydrogen-bond donors (Lipinski definition) is 1. The first kappa shape index (κ1) is 16.0. The molecule has 1 atom stereocenters. The maximum absolute atomic E-state index is 12.1. The fourth-order valence-corrected chi connectivity index (χ4v) is 3.59. The van der Waals surface area contributed by atoms with E-state index >= 15 is 0 Å². The second-order valence-corrected chi connectivity index (χ2v) is 6.76. The van der Waals surface area contributed by atoms with Crippen molar-refractivity contribution in [1.29, 1.82) is 0 Å². The summed E-state index contributed by atoms with van der Waals surface area (Å²) in [4.78, 5) is 16.8. The van der Waals surface area contributed by atoms with Gasteiger partial charge in [0.15, 0.2) is 0 Å². The van der Waals surface area contributed by atoms with Gasteiger partial charge >= 0.3 is 0 Å². The maximum Gasteiger partial charge on any atom is 0.220 e. The van der Waals surface area contributed by atoms with Crippen LogP contribution >= 0.6 is 0 Å². The molecular formula is C19H27N3O. The van der Waals surface area contributed by atoms with Crippen LogP contribution in [-0.2, 0) is 11.3 Å². The number of imidazole rings is 1. The molecule has 1 N–H and O–H groups in total. The molecule has 23 heavy (non-hydrogen) atoms. The van der Waals surface area contributed by atoms with Crippen molar-refractivity contribution in [3.63, 3.8) is 0 Å². The third-order valence-corrected chi connectivity index (χ3v) is 4.81. The number of aryl methyl sites for hydroxylation is 1. The summed E-state index contributed by atoms with van der Waals surface area (Å²) in [5.74, 6) is 0.439. The number of hydrogen-bond acceptors (Lipinski definition) is 2. The standard InChI is InChI=1S/C19H27N3O/c1-3-4-5-6-7-8-15-11-18(23)20-12-16-19(15)22-13-14(2)9-10-17(22)21-16/h9-10,13,15H,3-8,11-12H2,1-2H3,(H,20,23)/t15-/m0/s1. The second kappa shape index (κ2) is 7.16. The molecule has 4 heteroatoms. The first-order chi connectivity index (χ1) is 11.2. The molecule has 0 spiro atoms. The van der Waals surface area contributed by atoms with E-state index in [1.165, 1.54) is 43.4 Å². The van der Waals surface area contributed by atoms with Gasteiger partial charge in [0.1, 0.15) is 5.65 Å². The van der Waals surface area contributed by atoms with Crippen molar-refractivity contribution < 1.29 is 4.79 Å².